The van der Waals surface area contributed by atoms with E-state index in [1.165, 1.54) is 17.7 Å². The van der Waals surface area contributed by atoms with Crippen LogP contribution in [0, 0.1) is 0 Å². The number of alkyl halides is 3. The van der Waals surface area contributed by atoms with Crippen LogP contribution < -0.4 is 29.3 Å². The molecule has 1 amide bonds. The number of nitrogens with one attached hydrogen (secondary N) is 1. The minimum Gasteiger partial charge on any atom is -1.00 e. The number of benzene rings is 3. The van der Waals surface area contributed by atoms with Crippen molar-refractivity contribution in [2.75, 3.05) is 32.6 Å². The summed E-state index contributed by atoms with van der Waals surface area (Å²) in [5.74, 6) is -0.273. The third kappa shape index (κ3) is 7.08. The van der Waals surface area contributed by atoms with E-state index in [9.17, 15) is 18.0 Å². The van der Waals surface area contributed by atoms with Gasteiger partial charge in [0.15, 0.2) is 0 Å². The number of nitrogens with zero attached hydrogens (tertiary/aromatic N) is 1. The highest BCUT2D eigenvalue weighted by Gasteiger charge is 2.31. The van der Waals surface area contributed by atoms with Gasteiger partial charge in [-0.05, 0) is 47.5 Å². The van der Waals surface area contributed by atoms with Gasteiger partial charge in [-0.1, -0.05) is 36.4 Å². The van der Waals surface area contributed by atoms with Crippen molar-refractivity contribution in [2.24, 2.45) is 0 Å². The monoisotopic (exact) mass is 610 g/mol. The molecule has 1 N–H and O–H groups in total. The molecule has 3 aromatic carbocycles. The van der Waals surface area contributed by atoms with Gasteiger partial charge in [0.2, 0.25) is 0 Å². The van der Waals surface area contributed by atoms with Gasteiger partial charge in [0, 0.05) is 29.7 Å². The summed E-state index contributed by atoms with van der Waals surface area (Å²) < 4.78 is 44.9. The quantitative estimate of drug-likeness (QED) is 0.344. The van der Waals surface area contributed by atoms with Gasteiger partial charge in [-0.25, -0.2) is 0 Å². The molecule has 4 rings (SSSR count). The van der Waals surface area contributed by atoms with Gasteiger partial charge < -0.3 is 38.5 Å². The van der Waals surface area contributed by atoms with Crippen molar-refractivity contribution in [3.8, 4) is 11.1 Å². The predicted molar refractivity (Wildman–Crippen MR) is 131 cm³/mol. The number of carbonyl (C=O) groups is 1. The average Bonchev–Trinajstić information content (AvgIpc) is 2.85. The van der Waals surface area contributed by atoms with Gasteiger partial charge in [0.1, 0.15) is 6.54 Å². The van der Waals surface area contributed by atoms with Crippen molar-refractivity contribution in [2.45, 2.75) is 31.6 Å². The lowest BCUT2D eigenvalue weighted by atomic mass is 10.0. The summed E-state index contributed by atoms with van der Waals surface area (Å²) in [4.78, 5) is 12.8. The van der Waals surface area contributed by atoms with Gasteiger partial charge in [-0.15, -0.1) is 0 Å². The van der Waals surface area contributed by atoms with Crippen molar-refractivity contribution >= 4 is 11.6 Å². The van der Waals surface area contributed by atoms with Gasteiger partial charge >= 0.3 is 6.18 Å². The maximum absolute atomic E-state index is 12.8. The molecule has 3 aromatic rings. The van der Waals surface area contributed by atoms with E-state index in [2.05, 4.69) is 19.4 Å². The Kier molecular flexibility index (Phi) is 9.18. The van der Waals surface area contributed by atoms with Crippen LogP contribution in [0.5, 0.6) is 0 Å². The first kappa shape index (κ1) is 28.1. The van der Waals surface area contributed by atoms with E-state index in [0.717, 1.165) is 49.2 Å². The molecule has 192 valence electrons. The zero-order valence-corrected chi connectivity index (χ0v) is 22.5. The first-order valence-electron chi connectivity index (χ1n) is 11.7. The number of hydrogen-bond donors (Lipinski definition) is 1. The van der Waals surface area contributed by atoms with Crippen LogP contribution in [-0.2, 0) is 17.5 Å². The summed E-state index contributed by atoms with van der Waals surface area (Å²) in [5.41, 5.74) is 2.91. The number of amides is 1. The van der Waals surface area contributed by atoms with Gasteiger partial charge in [0.25, 0.3) is 5.91 Å². The second kappa shape index (κ2) is 11.7. The van der Waals surface area contributed by atoms with Crippen molar-refractivity contribution < 1.29 is 51.2 Å². The number of carbonyl (C=O) groups excluding carboxylic acids is 1. The Bertz CT molecular complexity index is 1160. The van der Waals surface area contributed by atoms with Gasteiger partial charge in [-0.2, -0.15) is 13.2 Å². The fourth-order valence-electron chi connectivity index (χ4n) is 4.57. The molecule has 0 saturated carbocycles. The lowest BCUT2D eigenvalue weighted by Gasteiger charge is -2.40. The molecule has 8 heteroatoms. The van der Waals surface area contributed by atoms with Crippen molar-refractivity contribution in [1.29, 1.82) is 0 Å². The van der Waals surface area contributed by atoms with E-state index in [-0.39, 0.29) is 29.9 Å². The topological polar surface area (TPSA) is 38.3 Å². The fraction of sp³-hybridized carbons (Fsp3) is 0.321. The second-order valence-corrected chi connectivity index (χ2v) is 9.59. The highest BCUT2D eigenvalue weighted by molar-refractivity contribution is 6.05. The third-order valence-corrected chi connectivity index (χ3v) is 6.65. The molecular formula is C28H30F3IN2O2. The Labute approximate surface area is 227 Å². The van der Waals surface area contributed by atoms with Crippen LogP contribution in [-0.4, -0.2) is 43.7 Å². The molecule has 1 aliphatic heterocycles. The fourth-order valence-corrected chi connectivity index (χ4v) is 4.57. The van der Waals surface area contributed by atoms with Gasteiger partial charge in [0.05, 0.1) is 38.9 Å². The first-order valence-corrected chi connectivity index (χ1v) is 11.7. The minimum atomic E-state index is -4.38. The molecule has 0 radical (unpaired) electrons. The maximum Gasteiger partial charge on any atom is 0.416 e. The Morgan fingerprint density at radius 3 is 2.19 bits per heavy atom. The third-order valence-electron chi connectivity index (χ3n) is 6.65. The highest BCUT2D eigenvalue weighted by atomic mass is 127. The normalized spacial score (nSPS) is 14.7. The van der Waals surface area contributed by atoms with Gasteiger partial charge in [-0.3, -0.25) is 4.79 Å². The van der Waals surface area contributed by atoms with Crippen LogP contribution >= 0.6 is 0 Å². The van der Waals surface area contributed by atoms with E-state index < -0.39 is 11.7 Å². The molecule has 0 atom stereocenters. The van der Waals surface area contributed by atoms with Crippen molar-refractivity contribution in [3.63, 3.8) is 0 Å². The molecule has 1 aliphatic rings. The molecule has 1 fully saturated rings. The van der Waals surface area contributed by atoms with E-state index in [1.807, 2.05) is 24.3 Å². The average molecular weight is 610 g/mol. The second-order valence-electron chi connectivity index (χ2n) is 9.59. The molecular weight excluding hydrogens is 580 g/mol. The smallest absolute Gasteiger partial charge is 0.416 e. The summed E-state index contributed by atoms with van der Waals surface area (Å²) in [6.45, 7) is 2.53. The molecule has 36 heavy (non-hydrogen) atoms. The molecule has 0 bridgehead atoms. The van der Waals surface area contributed by atoms with Crippen LogP contribution in [0.25, 0.3) is 11.1 Å². The molecule has 0 aliphatic carbocycles. The summed E-state index contributed by atoms with van der Waals surface area (Å²) in [5, 5.41) is 2.91. The molecule has 1 saturated heterocycles. The molecule has 0 spiro atoms. The Morgan fingerprint density at radius 1 is 0.944 bits per heavy atom. The highest BCUT2D eigenvalue weighted by Crippen LogP contribution is 2.31. The lowest BCUT2D eigenvalue weighted by molar-refractivity contribution is -0.929. The van der Waals surface area contributed by atoms with Crippen molar-refractivity contribution in [1.82, 2.24) is 0 Å². The number of hydrogen-bond acceptors (Lipinski definition) is 2. The summed E-state index contributed by atoms with van der Waals surface area (Å²) in [6, 6.07) is 20.2. The summed E-state index contributed by atoms with van der Waals surface area (Å²) in [7, 11) is 4.49. The Hall–Kier alpha value is -2.43. The number of halogens is 4. The van der Waals surface area contributed by atoms with E-state index in [1.54, 1.807) is 24.3 Å². The molecule has 0 aromatic heterocycles. The molecule has 4 nitrogen and oxygen atoms in total. The Balaban J connectivity index is 0.00000361. The number of rotatable bonds is 6. The standard InChI is InChI=1S/C28H29F3N2O2.HI/c1-33(2,26-14-16-35-17-15-26)19-20-6-12-25(13-7-20)32-27(34)23-5-3-4-22(18-23)21-8-10-24(11-9-21)28(29,30)31;/h3-13,18,26H,14-17,19H2,1-2H3;1H. The van der Waals surface area contributed by atoms with Crippen LogP contribution in [0.3, 0.4) is 0 Å². The van der Waals surface area contributed by atoms with Crippen LogP contribution in [0.15, 0.2) is 72.8 Å². The summed E-state index contributed by atoms with van der Waals surface area (Å²) >= 11 is 0. The number of ether oxygens (including phenoxy) is 1. The van der Waals surface area contributed by atoms with E-state index >= 15 is 0 Å². The zero-order valence-electron chi connectivity index (χ0n) is 20.3. The number of quaternary nitrogens is 1. The van der Waals surface area contributed by atoms with Crippen LogP contribution in [0.1, 0.15) is 34.3 Å². The zero-order chi connectivity index (χ0) is 25.1. The minimum absolute atomic E-state index is 0. The summed E-state index contributed by atoms with van der Waals surface area (Å²) in [6.07, 6.45) is -2.26. The molecule has 0 unspecified atom stereocenters. The SMILES string of the molecule is C[N+](C)(Cc1ccc(NC(=O)c2cccc(-c3ccc(C(F)(F)F)cc3)c2)cc1)C1CCOCC1.[I-]. The van der Waals surface area contributed by atoms with Crippen LogP contribution in [0.2, 0.25) is 0 Å². The largest absolute Gasteiger partial charge is 1.00 e. The van der Waals surface area contributed by atoms with Crippen molar-refractivity contribution in [3.05, 3.63) is 89.5 Å². The maximum atomic E-state index is 12.8. The Morgan fingerprint density at radius 2 is 1.58 bits per heavy atom. The number of anilines is 1. The lowest BCUT2D eigenvalue weighted by Crippen LogP contribution is -3.00. The first-order chi connectivity index (χ1) is 16.6. The van der Waals surface area contributed by atoms with Crippen LogP contribution in [0.4, 0.5) is 18.9 Å². The van der Waals surface area contributed by atoms with E-state index in [4.69, 9.17) is 4.74 Å². The van der Waals surface area contributed by atoms with E-state index in [0.29, 0.717) is 28.4 Å². The predicted octanol–water partition coefficient (Wildman–Crippen LogP) is 3.38. The molecule has 1 heterocycles.